The van der Waals surface area contributed by atoms with Crippen molar-refractivity contribution >= 4 is 52.3 Å². The van der Waals surface area contributed by atoms with Gasteiger partial charge >= 0.3 is 0 Å². The number of carbonyl (C=O) groups excluding carboxylic acids is 1. The van der Waals surface area contributed by atoms with Gasteiger partial charge in [-0.1, -0.05) is 30.9 Å². The molecular weight excluding hydrogens is 336 g/mol. The summed E-state index contributed by atoms with van der Waals surface area (Å²) in [5.41, 5.74) is 0.824. The van der Waals surface area contributed by atoms with E-state index >= 15 is 0 Å². The summed E-state index contributed by atoms with van der Waals surface area (Å²) in [6.45, 7) is 0. The van der Waals surface area contributed by atoms with Gasteiger partial charge in [0, 0.05) is 10.8 Å². The highest BCUT2D eigenvalue weighted by Crippen LogP contribution is 2.52. The van der Waals surface area contributed by atoms with Gasteiger partial charge in [-0.15, -0.1) is 11.8 Å². The topological polar surface area (TPSA) is 23.6 Å². The van der Waals surface area contributed by atoms with Gasteiger partial charge in [0.25, 0.3) is 5.91 Å². The fourth-order valence-corrected chi connectivity index (χ4v) is 6.19. The highest BCUT2D eigenvalue weighted by molar-refractivity contribution is 8.01. The Hall–Kier alpha value is -0.780. The Bertz CT molecular complexity index is 628. The molecule has 1 aliphatic carbocycles. The zero-order valence-electron chi connectivity index (χ0n) is 12.1. The molecular formula is C16H17ClN2OS2. The molecule has 1 atom stereocenters. The molecule has 2 heterocycles. The average molecular weight is 353 g/mol. The van der Waals surface area contributed by atoms with Crippen LogP contribution in [0.1, 0.15) is 32.1 Å². The summed E-state index contributed by atoms with van der Waals surface area (Å²) in [5, 5.41) is 1.34. The summed E-state index contributed by atoms with van der Waals surface area (Å²) in [7, 11) is 0. The molecule has 3 nitrogen and oxygen atoms in total. The van der Waals surface area contributed by atoms with Gasteiger partial charge in [-0.05, 0) is 49.3 Å². The molecule has 116 valence electrons. The maximum atomic E-state index is 12.9. The normalized spacial score (nSPS) is 26.9. The number of nitrogens with zero attached hydrogens (tertiary/aromatic N) is 2. The van der Waals surface area contributed by atoms with Gasteiger partial charge in [-0.3, -0.25) is 9.69 Å². The number of hydrogen-bond donors (Lipinski definition) is 0. The van der Waals surface area contributed by atoms with Crippen LogP contribution in [0.2, 0.25) is 5.02 Å². The number of thiocarbonyl (C=S) groups is 1. The van der Waals surface area contributed by atoms with Gasteiger partial charge in [0.15, 0.2) is 5.11 Å². The van der Waals surface area contributed by atoms with Crippen LogP contribution in [0.15, 0.2) is 24.3 Å². The lowest BCUT2D eigenvalue weighted by Gasteiger charge is -2.41. The van der Waals surface area contributed by atoms with Crippen molar-refractivity contribution in [2.45, 2.75) is 43.0 Å². The molecule has 1 spiro atoms. The second-order valence-corrected chi connectivity index (χ2v) is 8.32. The highest BCUT2D eigenvalue weighted by atomic mass is 35.5. The third-order valence-electron chi connectivity index (χ3n) is 4.88. The van der Waals surface area contributed by atoms with Crippen LogP contribution in [-0.2, 0) is 4.79 Å². The lowest BCUT2D eigenvalue weighted by atomic mass is 9.93. The van der Waals surface area contributed by atoms with E-state index in [2.05, 4.69) is 4.90 Å². The van der Waals surface area contributed by atoms with Gasteiger partial charge in [0.2, 0.25) is 0 Å². The standard InChI is InChI=1S/C16H17ClN2OS2/c17-11-4-6-12(7-5-11)18-14(20)13-10-22-16(19(13)15(18)21)8-2-1-3-9-16/h4-7,13H,1-3,8-10H2. The molecule has 1 aromatic rings. The van der Waals surface area contributed by atoms with E-state index in [1.54, 1.807) is 17.0 Å². The molecule has 0 aromatic heterocycles. The number of amides is 1. The van der Waals surface area contributed by atoms with Crippen LogP contribution in [0.5, 0.6) is 0 Å². The van der Waals surface area contributed by atoms with Crippen LogP contribution in [0, 0.1) is 0 Å². The molecule has 3 fully saturated rings. The largest absolute Gasteiger partial charge is 0.321 e. The van der Waals surface area contributed by atoms with E-state index in [9.17, 15) is 4.79 Å². The summed E-state index contributed by atoms with van der Waals surface area (Å²) in [5.74, 6) is 0.963. The van der Waals surface area contributed by atoms with Gasteiger partial charge in [-0.2, -0.15) is 0 Å². The monoisotopic (exact) mass is 352 g/mol. The fourth-order valence-electron chi connectivity index (χ4n) is 3.82. The minimum atomic E-state index is -0.0914. The zero-order chi connectivity index (χ0) is 15.3. The summed E-state index contributed by atoms with van der Waals surface area (Å²) in [4.78, 5) is 16.9. The van der Waals surface area contributed by atoms with Crippen molar-refractivity contribution in [3.8, 4) is 0 Å². The van der Waals surface area contributed by atoms with Crippen LogP contribution in [0.3, 0.4) is 0 Å². The quantitative estimate of drug-likeness (QED) is 0.711. The van der Waals surface area contributed by atoms with Crippen molar-refractivity contribution in [2.24, 2.45) is 0 Å². The zero-order valence-corrected chi connectivity index (χ0v) is 14.5. The Morgan fingerprint density at radius 1 is 1.18 bits per heavy atom. The van der Waals surface area contributed by atoms with Crippen molar-refractivity contribution in [1.29, 1.82) is 0 Å². The molecule has 1 amide bonds. The third-order valence-corrected chi connectivity index (χ3v) is 7.14. The van der Waals surface area contributed by atoms with Gasteiger partial charge in [0.1, 0.15) is 6.04 Å². The van der Waals surface area contributed by atoms with Gasteiger partial charge in [0.05, 0.1) is 10.6 Å². The first-order chi connectivity index (χ1) is 10.6. The molecule has 0 bridgehead atoms. The number of thioether (sulfide) groups is 1. The second kappa shape index (κ2) is 5.39. The van der Waals surface area contributed by atoms with Crippen LogP contribution in [-0.4, -0.2) is 32.6 Å². The summed E-state index contributed by atoms with van der Waals surface area (Å²) < 4.78 is 0. The van der Waals surface area contributed by atoms with Gasteiger partial charge < -0.3 is 4.90 Å². The second-order valence-electron chi connectivity index (χ2n) is 6.14. The lowest BCUT2D eigenvalue weighted by Crippen LogP contribution is -2.48. The Balaban J connectivity index is 1.69. The van der Waals surface area contributed by atoms with E-state index < -0.39 is 0 Å². The van der Waals surface area contributed by atoms with Crippen molar-refractivity contribution < 1.29 is 4.79 Å². The molecule has 6 heteroatoms. The van der Waals surface area contributed by atoms with Crippen LogP contribution in [0.4, 0.5) is 5.69 Å². The first kappa shape index (κ1) is 14.8. The van der Waals surface area contributed by atoms with Crippen molar-refractivity contribution in [2.75, 3.05) is 10.7 Å². The first-order valence-corrected chi connectivity index (χ1v) is 9.46. The number of hydrogen-bond acceptors (Lipinski definition) is 3. The average Bonchev–Trinajstić information content (AvgIpc) is 3.00. The fraction of sp³-hybridized carbons (Fsp3) is 0.500. The molecule has 1 aromatic carbocycles. The number of benzene rings is 1. The van der Waals surface area contributed by atoms with E-state index in [0.717, 1.165) is 24.3 Å². The number of carbonyl (C=O) groups is 1. The smallest absolute Gasteiger partial charge is 0.257 e. The Morgan fingerprint density at radius 2 is 1.86 bits per heavy atom. The number of anilines is 1. The third kappa shape index (κ3) is 2.09. The maximum absolute atomic E-state index is 12.9. The Labute approximate surface area is 145 Å². The predicted octanol–water partition coefficient (Wildman–Crippen LogP) is 4.05. The molecule has 2 aliphatic heterocycles. The summed E-state index contributed by atoms with van der Waals surface area (Å²) in [6, 6.07) is 7.26. The predicted molar refractivity (Wildman–Crippen MR) is 95.4 cm³/mol. The van der Waals surface area contributed by atoms with Crippen LogP contribution in [0.25, 0.3) is 0 Å². The Morgan fingerprint density at radius 3 is 2.55 bits per heavy atom. The molecule has 4 rings (SSSR count). The van der Waals surface area contributed by atoms with E-state index in [1.165, 1.54) is 19.3 Å². The molecule has 1 unspecified atom stereocenters. The van der Waals surface area contributed by atoms with E-state index in [-0.39, 0.29) is 16.8 Å². The van der Waals surface area contributed by atoms with Gasteiger partial charge in [-0.25, -0.2) is 0 Å². The minimum absolute atomic E-state index is 0.0524. The van der Waals surface area contributed by atoms with Crippen molar-refractivity contribution in [1.82, 2.24) is 4.90 Å². The van der Waals surface area contributed by atoms with E-state index in [0.29, 0.717) is 10.1 Å². The molecule has 0 N–H and O–H groups in total. The van der Waals surface area contributed by atoms with E-state index in [1.807, 2.05) is 23.9 Å². The first-order valence-electron chi connectivity index (χ1n) is 7.69. The number of fused-ring (bicyclic) bond motifs is 2. The summed E-state index contributed by atoms with van der Waals surface area (Å²) >= 11 is 13.6. The molecule has 2 saturated heterocycles. The number of halogens is 1. The molecule has 22 heavy (non-hydrogen) atoms. The lowest BCUT2D eigenvalue weighted by molar-refractivity contribution is -0.119. The van der Waals surface area contributed by atoms with E-state index in [4.69, 9.17) is 23.8 Å². The maximum Gasteiger partial charge on any atom is 0.257 e. The minimum Gasteiger partial charge on any atom is -0.321 e. The van der Waals surface area contributed by atoms with Crippen LogP contribution >= 0.6 is 35.6 Å². The molecule has 3 aliphatic rings. The van der Waals surface area contributed by atoms with Crippen molar-refractivity contribution in [3.05, 3.63) is 29.3 Å². The SMILES string of the molecule is O=C1C2CSC3(CCCCC3)N2C(=S)N1c1ccc(Cl)cc1. The number of rotatable bonds is 1. The highest BCUT2D eigenvalue weighted by Gasteiger charge is 2.57. The molecule has 0 radical (unpaired) electrons. The Kier molecular flexibility index (Phi) is 3.62. The van der Waals surface area contributed by atoms with Crippen LogP contribution < -0.4 is 4.90 Å². The van der Waals surface area contributed by atoms with Crippen molar-refractivity contribution in [3.63, 3.8) is 0 Å². The summed E-state index contributed by atoms with van der Waals surface area (Å²) in [6.07, 6.45) is 6.02. The molecule has 1 saturated carbocycles.